The molecule has 0 spiro atoms. The molecule has 0 fully saturated rings. The maximum Gasteiger partial charge on any atom is 0.271 e. The minimum Gasteiger partial charge on any atom is -0.493 e. The fraction of sp³-hybridized carbons (Fsp3) is 0.222. The molecule has 0 aliphatic heterocycles. The zero-order chi connectivity index (χ0) is 16.7. The van der Waals surface area contributed by atoms with Crippen molar-refractivity contribution in [2.24, 2.45) is 11.0 Å². The van der Waals surface area contributed by atoms with Crippen molar-refractivity contribution in [1.29, 1.82) is 0 Å². The van der Waals surface area contributed by atoms with E-state index in [0.29, 0.717) is 23.8 Å². The molecule has 3 N–H and O–H groups in total. The maximum absolute atomic E-state index is 11.9. The number of nitrogen functional groups attached to an aromatic ring is 1. The average Bonchev–Trinajstić information content (AvgIpc) is 2.53. The standard InChI is InChI=1S/C18H21N3O2/c1-13(2)12-23-17-8-3-5-14(9-17)11-20-21-18(22)15-6-4-7-16(19)10-15/h3-11,13H,12,19H2,1-2H3,(H,21,22)/b20-11-. The Morgan fingerprint density at radius 1 is 1.26 bits per heavy atom. The second-order valence-corrected chi connectivity index (χ2v) is 5.60. The van der Waals surface area contributed by atoms with Crippen molar-refractivity contribution in [3.05, 3.63) is 59.7 Å². The van der Waals surface area contributed by atoms with Crippen LogP contribution in [-0.2, 0) is 0 Å². The van der Waals surface area contributed by atoms with Crippen LogP contribution in [0.4, 0.5) is 5.69 Å². The van der Waals surface area contributed by atoms with E-state index >= 15 is 0 Å². The molecule has 0 bridgehead atoms. The molecule has 0 aromatic heterocycles. The lowest BCUT2D eigenvalue weighted by Crippen LogP contribution is -2.17. The van der Waals surface area contributed by atoms with Crippen LogP contribution in [0.25, 0.3) is 0 Å². The molecule has 5 heteroatoms. The van der Waals surface area contributed by atoms with Crippen LogP contribution in [-0.4, -0.2) is 18.7 Å². The molecule has 0 radical (unpaired) electrons. The quantitative estimate of drug-likeness (QED) is 0.489. The van der Waals surface area contributed by atoms with E-state index in [1.54, 1.807) is 30.5 Å². The van der Waals surface area contributed by atoms with Crippen molar-refractivity contribution in [2.45, 2.75) is 13.8 Å². The molecule has 0 unspecified atom stereocenters. The summed E-state index contributed by atoms with van der Waals surface area (Å²) in [4.78, 5) is 11.9. The van der Waals surface area contributed by atoms with Gasteiger partial charge in [0.25, 0.3) is 5.91 Å². The van der Waals surface area contributed by atoms with Gasteiger partial charge in [0.15, 0.2) is 0 Å². The summed E-state index contributed by atoms with van der Waals surface area (Å²) in [6.07, 6.45) is 1.58. The van der Waals surface area contributed by atoms with E-state index in [-0.39, 0.29) is 5.91 Å². The minimum absolute atomic E-state index is 0.305. The molecule has 0 saturated heterocycles. The van der Waals surface area contributed by atoms with Gasteiger partial charge in [-0.25, -0.2) is 5.43 Å². The smallest absolute Gasteiger partial charge is 0.271 e. The summed E-state index contributed by atoms with van der Waals surface area (Å²) in [7, 11) is 0. The first kappa shape index (κ1) is 16.5. The van der Waals surface area contributed by atoms with E-state index in [1.165, 1.54) is 0 Å². The van der Waals surface area contributed by atoms with Gasteiger partial charge in [0.2, 0.25) is 0 Å². The van der Waals surface area contributed by atoms with Crippen LogP contribution in [0.1, 0.15) is 29.8 Å². The lowest BCUT2D eigenvalue weighted by molar-refractivity contribution is 0.0955. The summed E-state index contributed by atoms with van der Waals surface area (Å²) >= 11 is 0. The highest BCUT2D eigenvalue weighted by molar-refractivity contribution is 5.95. The molecule has 120 valence electrons. The third kappa shape index (κ3) is 5.47. The van der Waals surface area contributed by atoms with Gasteiger partial charge >= 0.3 is 0 Å². The van der Waals surface area contributed by atoms with Crippen molar-refractivity contribution in [2.75, 3.05) is 12.3 Å². The van der Waals surface area contributed by atoms with Gasteiger partial charge in [0.1, 0.15) is 5.75 Å². The van der Waals surface area contributed by atoms with Gasteiger partial charge in [0.05, 0.1) is 12.8 Å². The highest BCUT2D eigenvalue weighted by Crippen LogP contribution is 2.13. The number of amides is 1. The SMILES string of the molecule is CC(C)COc1cccc(/C=N\NC(=O)c2cccc(N)c2)c1. The molecule has 1 amide bonds. The molecule has 5 nitrogen and oxygen atoms in total. The monoisotopic (exact) mass is 311 g/mol. The van der Waals surface area contributed by atoms with Gasteiger partial charge in [-0.3, -0.25) is 4.79 Å². The van der Waals surface area contributed by atoms with E-state index in [4.69, 9.17) is 10.5 Å². The molecular formula is C18H21N3O2. The van der Waals surface area contributed by atoms with Crippen molar-refractivity contribution in [1.82, 2.24) is 5.43 Å². The Bertz CT molecular complexity index is 696. The van der Waals surface area contributed by atoms with Crippen molar-refractivity contribution >= 4 is 17.8 Å². The van der Waals surface area contributed by atoms with E-state index in [2.05, 4.69) is 24.4 Å². The Hall–Kier alpha value is -2.82. The number of nitrogens with one attached hydrogen (secondary N) is 1. The number of hydrogen-bond acceptors (Lipinski definition) is 4. The van der Waals surface area contributed by atoms with Crippen LogP contribution < -0.4 is 15.9 Å². The lowest BCUT2D eigenvalue weighted by Gasteiger charge is -2.08. The minimum atomic E-state index is -0.305. The average molecular weight is 311 g/mol. The van der Waals surface area contributed by atoms with Gasteiger partial charge in [-0.15, -0.1) is 0 Å². The summed E-state index contributed by atoms with van der Waals surface area (Å²) in [5.41, 5.74) is 9.98. The number of benzene rings is 2. The highest BCUT2D eigenvalue weighted by Gasteiger charge is 2.03. The number of nitrogens with zero attached hydrogens (tertiary/aromatic N) is 1. The topological polar surface area (TPSA) is 76.7 Å². The predicted octanol–water partition coefficient (Wildman–Crippen LogP) is 3.07. The Morgan fingerprint density at radius 3 is 2.78 bits per heavy atom. The van der Waals surface area contributed by atoms with Crippen LogP contribution in [0.5, 0.6) is 5.75 Å². The lowest BCUT2D eigenvalue weighted by atomic mass is 10.2. The third-order valence-corrected chi connectivity index (χ3v) is 2.97. The molecule has 2 aromatic rings. The summed E-state index contributed by atoms with van der Waals surface area (Å²) in [5.74, 6) is 0.940. The van der Waals surface area contributed by atoms with E-state index in [1.807, 2.05) is 24.3 Å². The number of carbonyl (C=O) groups is 1. The fourth-order valence-electron chi connectivity index (χ4n) is 1.86. The number of ether oxygens (including phenoxy) is 1. The number of anilines is 1. The first-order chi connectivity index (χ1) is 11.0. The van der Waals surface area contributed by atoms with Crippen molar-refractivity contribution in [3.63, 3.8) is 0 Å². The van der Waals surface area contributed by atoms with E-state index in [0.717, 1.165) is 11.3 Å². The zero-order valence-electron chi connectivity index (χ0n) is 13.3. The Morgan fingerprint density at radius 2 is 2.04 bits per heavy atom. The normalized spacial score (nSPS) is 10.9. The van der Waals surface area contributed by atoms with Gasteiger partial charge in [-0.05, 0) is 41.8 Å². The van der Waals surface area contributed by atoms with Gasteiger partial charge in [0, 0.05) is 11.3 Å². The van der Waals surface area contributed by atoms with Gasteiger partial charge in [-0.2, -0.15) is 5.10 Å². The largest absolute Gasteiger partial charge is 0.493 e. The van der Waals surface area contributed by atoms with Gasteiger partial charge in [-0.1, -0.05) is 32.0 Å². The predicted molar refractivity (Wildman–Crippen MR) is 92.7 cm³/mol. The third-order valence-electron chi connectivity index (χ3n) is 2.97. The first-order valence-electron chi connectivity index (χ1n) is 7.46. The van der Waals surface area contributed by atoms with E-state index < -0.39 is 0 Å². The number of hydrogen-bond donors (Lipinski definition) is 2. The van der Waals surface area contributed by atoms with E-state index in [9.17, 15) is 4.79 Å². The maximum atomic E-state index is 11.9. The zero-order valence-corrected chi connectivity index (χ0v) is 13.3. The molecule has 0 atom stereocenters. The molecule has 0 saturated carbocycles. The summed E-state index contributed by atoms with van der Waals surface area (Å²) < 4.78 is 5.66. The van der Waals surface area contributed by atoms with Crippen LogP contribution in [0.2, 0.25) is 0 Å². The second-order valence-electron chi connectivity index (χ2n) is 5.60. The molecular weight excluding hydrogens is 290 g/mol. The van der Waals surface area contributed by atoms with Crippen molar-refractivity contribution in [3.8, 4) is 5.75 Å². The Labute approximate surface area is 136 Å². The fourth-order valence-corrected chi connectivity index (χ4v) is 1.86. The molecule has 0 aliphatic rings. The van der Waals surface area contributed by atoms with Crippen LogP contribution in [0.15, 0.2) is 53.6 Å². The second kappa shape index (κ2) is 7.98. The number of rotatable bonds is 6. The number of carbonyl (C=O) groups excluding carboxylic acids is 1. The Kier molecular flexibility index (Phi) is 5.74. The Balaban J connectivity index is 1.95. The molecule has 0 heterocycles. The number of nitrogens with two attached hydrogens (primary N) is 1. The summed E-state index contributed by atoms with van der Waals surface area (Å²) in [5, 5.41) is 3.96. The summed E-state index contributed by atoms with van der Waals surface area (Å²) in [6, 6.07) is 14.3. The van der Waals surface area contributed by atoms with Gasteiger partial charge < -0.3 is 10.5 Å². The molecule has 2 aromatic carbocycles. The highest BCUT2D eigenvalue weighted by atomic mass is 16.5. The number of hydrazone groups is 1. The summed E-state index contributed by atoms with van der Waals surface area (Å²) in [6.45, 7) is 4.85. The molecule has 2 rings (SSSR count). The van der Waals surface area contributed by atoms with Crippen LogP contribution >= 0.6 is 0 Å². The first-order valence-corrected chi connectivity index (χ1v) is 7.46. The van der Waals surface area contributed by atoms with Crippen LogP contribution in [0.3, 0.4) is 0 Å². The molecule has 23 heavy (non-hydrogen) atoms. The van der Waals surface area contributed by atoms with Crippen LogP contribution in [0, 0.1) is 5.92 Å². The molecule has 0 aliphatic carbocycles. The van der Waals surface area contributed by atoms with Crippen molar-refractivity contribution < 1.29 is 9.53 Å².